The molecule has 0 fully saturated rings. The van der Waals surface area contributed by atoms with Crippen LogP contribution in [0.25, 0.3) is 0 Å². The Morgan fingerprint density at radius 2 is 1.89 bits per heavy atom. The minimum atomic E-state index is -1.06. The highest BCUT2D eigenvalue weighted by Gasteiger charge is 2.23. The van der Waals surface area contributed by atoms with E-state index in [1.54, 1.807) is 12.1 Å². The maximum Gasteiger partial charge on any atom is 0.323 e. The average Bonchev–Trinajstić information content (AvgIpc) is 2.36. The number of aliphatic carboxylic acids is 1. The summed E-state index contributed by atoms with van der Waals surface area (Å²) in [4.78, 5) is 24.3. The van der Waals surface area contributed by atoms with Crippen LogP contribution in [0.3, 0.4) is 0 Å². The average molecular weight is 264 g/mol. The van der Waals surface area contributed by atoms with Gasteiger partial charge in [0, 0.05) is 5.69 Å². The monoisotopic (exact) mass is 264 g/mol. The number of carbonyl (C=O) groups excluding carboxylic acids is 1. The van der Waals surface area contributed by atoms with E-state index in [-0.39, 0.29) is 12.5 Å². The summed E-state index contributed by atoms with van der Waals surface area (Å²) < 4.78 is 0. The number of amides is 1. The third-order valence-electron chi connectivity index (χ3n) is 2.82. The molecular formula is C14H20N2O3. The zero-order valence-electron chi connectivity index (χ0n) is 11.3. The van der Waals surface area contributed by atoms with E-state index in [0.29, 0.717) is 12.1 Å². The van der Waals surface area contributed by atoms with Crippen LogP contribution in [0.2, 0.25) is 0 Å². The van der Waals surface area contributed by atoms with Crippen molar-refractivity contribution in [2.24, 2.45) is 5.73 Å². The molecule has 0 heterocycles. The number of anilines is 1. The Labute approximate surface area is 113 Å². The number of nitrogens with zero attached hydrogens (tertiary/aromatic N) is 1. The van der Waals surface area contributed by atoms with Gasteiger partial charge in [-0.2, -0.15) is 0 Å². The first-order valence-corrected chi connectivity index (χ1v) is 6.31. The smallest absolute Gasteiger partial charge is 0.323 e. The van der Waals surface area contributed by atoms with Gasteiger partial charge in [-0.05, 0) is 25.5 Å². The third-order valence-corrected chi connectivity index (χ3v) is 2.82. The molecule has 1 amide bonds. The largest absolute Gasteiger partial charge is 0.480 e. The number of carboxylic acids is 1. The zero-order chi connectivity index (χ0) is 14.4. The van der Waals surface area contributed by atoms with Crippen molar-refractivity contribution in [1.29, 1.82) is 0 Å². The van der Waals surface area contributed by atoms with E-state index in [0.717, 1.165) is 12.0 Å². The maximum absolute atomic E-state index is 12.2. The van der Waals surface area contributed by atoms with E-state index >= 15 is 0 Å². The van der Waals surface area contributed by atoms with Crippen LogP contribution >= 0.6 is 0 Å². The van der Waals surface area contributed by atoms with Crippen molar-refractivity contribution < 1.29 is 14.7 Å². The summed E-state index contributed by atoms with van der Waals surface area (Å²) in [5.41, 5.74) is 7.39. The van der Waals surface area contributed by atoms with Crippen molar-refractivity contribution in [1.82, 2.24) is 0 Å². The molecule has 5 nitrogen and oxygen atoms in total. The SMILES string of the molecule is CCC[C@@H](N)C(=O)N(CC(=O)O)c1ccc(C)cc1. The van der Waals surface area contributed by atoms with Crippen molar-refractivity contribution in [3.05, 3.63) is 29.8 Å². The summed E-state index contributed by atoms with van der Waals surface area (Å²) in [7, 11) is 0. The Morgan fingerprint density at radius 1 is 1.32 bits per heavy atom. The second kappa shape index (κ2) is 6.89. The number of carboxylic acid groups (broad SMARTS) is 1. The lowest BCUT2D eigenvalue weighted by molar-refractivity contribution is -0.136. The predicted octanol–water partition coefficient (Wildman–Crippen LogP) is 1.54. The second-order valence-corrected chi connectivity index (χ2v) is 4.55. The molecule has 19 heavy (non-hydrogen) atoms. The van der Waals surface area contributed by atoms with Crippen LogP contribution in [-0.4, -0.2) is 29.6 Å². The molecule has 1 rings (SSSR count). The first kappa shape index (κ1) is 15.2. The minimum Gasteiger partial charge on any atom is -0.480 e. The van der Waals surface area contributed by atoms with Crippen LogP contribution < -0.4 is 10.6 Å². The molecule has 0 spiro atoms. The molecule has 0 radical (unpaired) electrons. The summed E-state index contributed by atoms with van der Waals surface area (Å²) in [6.07, 6.45) is 1.32. The normalized spacial score (nSPS) is 11.9. The highest BCUT2D eigenvalue weighted by molar-refractivity contribution is 6.00. The van der Waals surface area contributed by atoms with Crippen LogP contribution in [-0.2, 0) is 9.59 Å². The fourth-order valence-corrected chi connectivity index (χ4v) is 1.79. The summed E-state index contributed by atoms with van der Waals surface area (Å²) in [6.45, 7) is 3.48. The standard InChI is InChI=1S/C14H20N2O3/c1-3-4-12(15)14(19)16(9-13(17)18)11-7-5-10(2)6-8-11/h5-8,12H,3-4,9,15H2,1-2H3,(H,17,18)/t12-/m1/s1. The summed E-state index contributed by atoms with van der Waals surface area (Å²) in [5, 5.41) is 8.93. The highest BCUT2D eigenvalue weighted by atomic mass is 16.4. The Kier molecular flexibility index (Phi) is 5.51. The molecule has 0 bridgehead atoms. The van der Waals surface area contributed by atoms with E-state index < -0.39 is 12.0 Å². The van der Waals surface area contributed by atoms with Crippen LogP contribution in [0.5, 0.6) is 0 Å². The molecule has 3 N–H and O–H groups in total. The fourth-order valence-electron chi connectivity index (χ4n) is 1.79. The molecule has 0 saturated carbocycles. The molecule has 1 aromatic rings. The number of hydrogen-bond acceptors (Lipinski definition) is 3. The van der Waals surface area contributed by atoms with E-state index in [1.807, 2.05) is 26.0 Å². The highest BCUT2D eigenvalue weighted by Crippen LogP contribution is 2.16. The van der Waals surface area contributed by atoms with Crippen molar-refractivity contribution in [2.75, 3.05) is 11.4 Å². The molecule has 1 atom stereocenters. The van der Waals surface area contributed by atoms with Crippen LogP contribution in [0, 0.1) is 6.92 Å². The van der Waals surface area contributed by atoms with Gasteiger partial charge in [-0.25, -0.2) is 0 Å². The number of nitrogens with two attached hydrogens (primary N) is 1. The molecule has 1 aromatic carbocycles. The van der Waals surface area contributed by atoms with E-state index in [4.69, 9.17) is 10.8 Å². The predicted molar refractivity (Wildman–Crippen MR) is 74.1 cm³/mol. The van der Waals surface area contributed by atoms with Crippen LogP contribution in [0.1, 0.15) is 25.3 Å². The second-order valence-electron chi connectivity index (χ2n) is 4.55. The first-order chi connectivity index (χ1) is 8.95. The van der Waals surface area contributed by atoms with Gasteiger partial charge in [-0.1, -0.05) is 31.0 Å². The van der Waals surface area contributed by atoms with E-state index in [2.05, 4.69) is 0 Å². The lowest BCUT2D eigenvalue weighted by Crippen LogP contribution is -2.46. The Bertz CT molecular complexity index is 443. The van der Waals surface area contributed by atoms with Gasteiger partial charge >= 0.3 is 5.97 Å². The molecule has 104 valence electrons. The quantitative estimate of drug-likeness (QED) is 0.816. The molecule has 0 aliphatic rings. The molecule has 0 unspecified atom stereocenters. The Morgan fingerprint density at radius 3 is 2.37 bits per heavy atom. The number of hydrogen-bond donors (Lipinski definition) is 2. The molecule has 0 aromatic heterocycles. The van der Waals surface area contributed by atoms with E-state index in [1.165, 1.54) is 4.90 Å². The zero-order valence-corrected chi connectivity index (χ0v) is 11.3. The molecule has 5 heteroatoms. The lowest BCUT2D eigenvalue weighted by Gasteiger charge is -2.24. The third kappa shape index (κ3) is 4.37. The van der Waals surface area contributed by atoms with Crippen molar-refractivity contribution in [3.63, 3.8) is 0 Å². The van der Waals surface area contributed by atoms with Crippen molar-refractivity contribution in [2.45, 2.75) is 32.7 Å². The van der Waals surface area contributed by atoms with Crippen LogP contribution in [0.4, 0.5) is 5.69 Å². The number of aryl methyl sites for hydroxylation is 1. The van der Waals surface area contributed by atoms with Gasteiger partial charge in [0.1, 0.15) is 6.54 Å². The summed E-state index contributed by atoms with van der Waals surface area (Å²) in [5.74, 6) is -1.41. The van der Waals surface area contributed by atoms with Gasteiger partial charge in [0.25, 0.3) is 0 Å². The van der Waals surface area contributed by atoms with E-state index in [9.17, 15) is 9.59 Å². The van der Waals surface area contributed by atoms with Crippen LogP contribution in [0.15, 0.2) is 24.3 Å². The molecular weight excluding hydrogens is 244 g/mol. The topological polar surface area (TPSA) is 83.6 Å². The van der Waals surface area contributed by atoms with Gasteiger partial charge in [0.2, 0.25) is 5.91 Å². The van der Waals surface area contributed by atoms with Crippen molar-refractivity contribution >= 4 is 17.6 Å². The lowest BCUT2D eigenvalue weighted by atomic mass is 10.1. The van der Waals surface area contributed by atoms with Gasteiger partial charge in [-0.3, -0.25) is 14.5 Å². The minimum absolute atomic E-state index is 0.354. The van der Waals surface area contributed by atoms with Gasteiger partial charge in [-0.15, -0.1) is 0 Å². The first-order valence-electron chi connectivity index (χ1n) is 6.31. The van der Waals surface area contributed by atoms with Gasteiger partial charge < -0.3 is 10.8 Å². The van der Waals surface area contributed by atoms with Gasteiger partial charge in [0.15, 0.2) is 0 Å². The number of benzene rings is 1. The number of carbonyl (C=O) groups is 2. The maximum atomic E-state index is 12.2. The van der Waals surface area contributed by atoms with Crippen molar-refractivity contribution in [3.8, 4) is 0 Å². The number of rotatable bonds is 6. The Balaban J connectivity index is 2.97. The summed E-state index contributed by atoms with van der Waals surface area (Å²) in [6, 6.07) is 6.47. The summed E-state index contributed by atoms with van der Waals surface area (Å²) >= 11 is 0. The van der Waals surface area contributed by atoms with Gasteiger partial charge in [0.05, 0.1) is 6.04 Å². The fraction of sp³-hybridized carbons (Fsp3) is 0.429. The Hall–Kier alpha value is -1.88. The molecule has 0 aliphatic heterocycles. The molecule has 0 aliphatic carbocycles. The molecule has 0 saturated heterocycles.